The smallest absolute Gasteiger partial charge is 0.311 e. The van der Waals surface area contributed by atoms with Crippen LogP contribution in [0.2, 0.25) is 0 Å². The van der Waals surface area contributed by atoms with Crippen molar-refractivity contribution in [1.29, 1.82) is 0 Å². The average Bonchev–Trinajstić information content (AvgIpc) is 2.38. The molecule has 0 atom stereocenters. The van der Waals surface area contributed by atoms with Gasteiger partial charge in [0.1, 0.15) is 0 Å². The van der Waals surface area contributed by atoms with Crippen LogP contribution in [0.1, 0.15) is 19.3 Å². The van der Waals surface area contributed by atoms with Gasteiger partial charge in [-0.1, -0.05) is 0 Å². The lowest BCUT2D eigenvalue weighted by Gasteiger charge is -2.31. The second-order valence-corrected chi connectivity index (χ2v) is 4.64. The first kappa shape index (κ1) is 14.9. The zero-order valence-corrected chi connectivity index (χ0v) is 11.0. The molecule has 0 aliphatic carbocycles. The zero-order valence-electron chi connectivity index (χ0n) is 11.0. The van der Waals surface area contributed by atoms with Crippen molar-refractivity contribution in [3.63, 3.8) is 0 Å². The Morgan fingerprint density at radius 2 is 1.78 bits per heavy atom. The van der Waals surface area contributed by atoms with Crippen LogP contribution in [0.4, 0.5) is 0 Å². The second-order valence-electron chi connectivity index (χ2n) is 4.64. The Labute approximate surface area is 108 Å². The Bertz CT molecular complexity index is 276. The Morgan fingerprint density at radius 3 is 2.39 bits per heavy atom. The van der Waals surface area contributed by atoms with E-state index in [9.17, 15) is 9.59 Å². The standard InChI is InChI=1S/C12H23N3O3/c1-14-6-8-15(9-7-14)12(18)11(17)13-5-3-2-4-10-16/h16H,2-10H2,1H3,(H,13,17). The lowest BCUT2D eigenvalue weighted by Crippen LogP contribution is -2.51. The number of nitrogens with zero attached hydrogens (tertiary/aromatic N) is 2. The van der Waals surface area contributed by atoms with Gasteiger partial charge in [-0.05, 0) is 26.3 Å². The summed E-state index contributed by atoms with van der Waals surface area (Å²) < 4.78 is 0. The number of hydrogen-bond donors (Lipinski definition) is 2. The third kappa shape index (κ3) is 5.01. The van der Waals surface area contributed by atoms with Crippen LogP contribution < -0.4 is 5.32 Å². The minimum atomic E-state index is -0.511. The highest BCUT2D eigenvalue weighted by Crippen LogP contribution is 1.99. The fourth-order valence-electron chi connectivity index (χ4n) is 1.84. The van der Waals surface area contributed by atoms with E-state index in [1.54, 1.807) is 4.90 Å². The summed E-state index contributed by atoms with van der Waals surface area (Å²) in [6.45, 7) is 3.54. The van der Waals surface area contributed by atoms with Crippen molar-refractivity contribution < 1.29 is 14.7 Å². The predicted molar refractivity (Wildman–Crippen MR) is 68.0 cm³/mol. The summed E-state index contributed by atoms with van der Waals surface area (Å²) >= 11 is 0. The van der Waals surface area contributed by atoms with E-state index in [1.807, 2.05) is 7.05 Å². The molecule has 0 aromatic carbocycles. The van der Waals surface area contributed by atoms with Crippen LogP contribution in [0.25, 0.3) is 0 Å². The molecule has 1 fully saturated rings. The average molecular weight is 257 g/mol. The molecule has 0 bridgehead atoms. The number of piperazine rings is 1. The molecule has 1 saturated heterocycles. The van der Waals surface area contributed by atoms with Crippen molar-refractivity contribution >= 4 is 11.8 Å². The maximum atomic E-state index is 11.8. The Hall–Kier alpha value is -1.14. The van der Waals surface area contributed by atoms with Gasteiger partial charge >= 0.3 is 11.8 Å². The molecule has 0 saturated carbocycles. The molecule has 1 aliphatic rings. The van der Waals surface area contributed by atoms with E-state index in [0.717, 1.165) is 32.4 Å². The summed E-state index contributed by atoms with van der Waals surface area (Å²) in [6.07, 6.45) is 2.39. The molecular weight excluding hydrogens is 234 g/mol. The fraction of sp³-hybridized carbons (Fsp3) is 0.833. The fourth-order valence-corrected chi connectivity index (χ4v) is 1.84. The number of aliphatic hydroxyl groups is 1. The Balaban J connectivity index is 2.18. The lowest BCUT2D eigenvalue weighted by molar-refractivity contribution is -0.146. The molecule has 2 amide bonds. The first-order chi connectivity index (χ1) is 8.65. The van der Waals surface area contributed by atoms with Gasteiger partial charge in [-0.2, -0.15) is 0 Å². The van der Waals surface area contributed by atoms with Crippen LogP contribution in [0.5, 0.6) is 0 Å². The van der Waals surface area contributed by atoms with Crippen LogP contribution in [-0.4, -0.2) is 73.1 Å². The summed E-state index contributed by atoms with van der Waals surface area (Å²) in [5.74, 6) is -0.936. The number of aliphatic hydroxyl groups excluding tert-OH is 1. The molecule has 1 rings (SSSR count). The van der Waals surface area contributed by atoms with Gasteiger partial charge in [0.15, 0.2) is 0 Å². The van der Waals surface area contributed by atoms with E-state index >= 15 is 0 Å². The highest BCUT2D eigenvalue weighted by atomic mass is 16.3. The maximum Gasteiger partial charge on any atom is 0.311 e. The van der Waals surface area contributed by atoms with Gasteiger partial charge in [-0.25, -0.2) is 0 Å². The number of likely N-dealkylation sites (N-methyl/N-ethyl adjacent to an activating group) is 1. The van der Waals surface area contributed by atoms with Gasteiger partial charge in [0.2, 0.25) is 0 Å². The molecule has 104 valence electrons. The van der Waals surface area contributed by atoms with E-state index in [1.165, 1.54) is 0 Å². The quantitative estimate of drug-likeness (QED) is 0.491. The molecule has 1 aliphatic heterocycles. The number of rotatable bonds is 5. The van der Waals surface area contributed by atoms with E-state index in [2.05, 4.69) is 10.2 Å². The number of carbonyl (C=O) groups is 2. The summed E-state index contributed by atoms with van der Waals surface area (Å²) in [7, 11) is 2.00. The van der Waals surface area contributed by atoms with Gasteiger partial charge in [-0.15, -0.1) is 0 Å². The number of nitrogens with one attached hydrogen (secondary N) is 1. The van der Waals surface area contributed by atoms with Crippen molar-refractivity contribution in [2.24, 2.45) is 0 Å². The van der Waals surface area contributed by atoms with Gasteiger partial charge in [0.05, 0.1) is 0 Å². The highest BCUT2D eigenvalue weighted by Gasteiger charge is 2.24. The van der Waals surface area contributed by atoms with Crippen LogP contribution in [0.15, 0.2) is 0 Å². The summed E-state index contributed by atoms with van der Waals surface area (Å²) in [4.78, 5) is 27.1. The Kier molecular flexibility index (Phi) is 6.67. The predicted octanol–water partition coefficient (Wildman–Crippen LogP) is -0.961. The topological polar surface area (TPSA) is 72.9 Å². The van der Waals surface area contributed by atoms with Crippen molar-refractivity contribution in [2.75, 3.05) is 46.4 Å². The zero-order chi connectivity index (χ0) is 13.4. The molecule has 1 heterocycles. The van der Waals surface area contributed by atoms with Crippen molar-refractivity contribution in [3.05, 3.63) is 0 Å². The highest BCUT2D eigenvalue weighted by molar-refractivity contribution is 6.35. The molecule has 6 nitrogen and oxygen atoms in total. The molecule has 0 spiro atoms. The third-order valence-corrected chi connectivity index (χ3v) is 3.11. The van der Waals surface area contributed by atoms with Crippen LogP contribution in [-0.2, 0) is 9.59 Å². The molecular formula is C12H23N3O3. The molecule has 0 aromatic rings. The molecule has 2 N–H and O–H groups in total. The molecule has 6 heteroatoms. The molecule has 18 heavy (non-hydrogen) atoms. The van der Waals surface area contributed by atoms with Crippen molar-refractivity contribution in [1.82, 2.24) is 15.1 Å². The second kappa shape index (κ2) is 8.05. The first-order valence-corrected chi connectivity index (χ1v) is 6.51. The van der Waals surface area contributed by atoms with E-state index in [4.69, 9.17) is 5.11 Å². The van der Waals surface area contributed by atoms with Gasteiger partial charge < -0.3 is 20.2 Å². The van der Waals surface area contributed by atoms with Crippen LogP contribution in [0, 0.1) is 0 Å². The number of amides is 2. The SMILES string of the molecule is CN1CCN(C(=O)C(=O)NCCCCCO)CC1. The normalized spacial score (nSPS) is 16.7. The molecule has 0 aromatic heterocycles. The number of carbonyl (C=O) groups excluding carboxylic acids is 2. The number of hydrogen-bond acceptors (Lipinski definition) is 4. The van der Waals surface area contributed by atoms with Gasteiger partial charge in [-0.3, -0.25) is 9.59 Å². The summed E-state index contributed by atoms with van der Waals surface area (Å²) in [6, 6.07) is 0. The largest absolute Gasteiger partial charge is 0.396 e. The number of unbranched alkanes of at least 4 members (excludes halogenated alkanes) is 2. The molecule has 0 radical (unpaired) electrons. The Morgan fingerprint density at radius 1 is 1.11 bits per heavy atom. The van der Waals surface area contributed by atoms with Crippen LogP contribution >= 0.6 is 0 Å². The minimum absolute atomic E-state index is 0.175. The minimum Gasteiger partial charge on any atom is -0.396 e. The van der Waals surface area contributed by atoms with Crippen LogP contribution in [0.3, 0.4) is 0 Å². The monoisotopic (exact) mass is 257 g/mol. The summed E-state index contributed by atoms with van der Waals surface area (Å²) in [5.41, 5.74) is 0. The van der Waals surface area contributed by atoms with Gasteiger partial charge in [0, 0.05) is 39.3 Å². The van der Waals surface area contributed by atoms with Crippen molar-refractivity contribution in [2.45, 2.75) is 19.3 Å². The van der Waals surface area contributed by atoms with Crippen molar-refractivity contribution in [3.8, 4) is 0 Å². The maximum absolute atomic E-state index is 11.8. The lowest BCUT2D eigenvalue weighted by atomic mass is 10.2. The van der Waals surface area contributed by atoms with Gasteiger partial charge in [0.25, 0.3) is 0 Å². The van der Waals surface area contributed by atoms with E-state index < -0.39 is 11.8 Å². The third-order valence-electron chi connectivity index (χ3n) is 3.11. The first-order valence-electron chi connectivity index (χ1n) is 6.51. The van der Waals surface area contributed by atoms with E-state index in [-0.39, 0.29) is 6.61 Å². The van der Waals surface area contributed by atoms with E-state index in [0.29, 0.717) is 19.6 Å². The molecule has 0 unspecified atom stereocenters. The summed E-state index contributed by atoms with van der Waals surface area (Å²) in [5, 5.41) is 11.2.